The molecule has 1 fully saturated rings. The zero-order valence-electron chi connectivity index (χ0n) is 13.1. The van der Waals surface area contributed by atoms with Crippen molar-refractivity contribution in [3.8, 4) is 0 Å². The third-order valence-corrected chi connectivity index (χ3v) is 3.91. The van der Waals surface area contributed by atoms with Gasteiger partial charge in [-0.05, 0) is 40.0 Å². The minimum atomic E-state index is -0.201. The standard InChI is InChI=1S/C15H31N3O/c1-5-11-18(13(19)17-14(2,3)4)15(12-16)9-7-6-8-10-15/h5-12,16H2,1-4H3,(H,17,19). The molecule has 3 N–H and O–H groups in total. The van der Waals surface area contributed by atoms with Gasteiger partial charge in [-0.2, -0.15) is 0 Å². The predicted octanol–water partition coefficient (Wildman–Crippen LogP) is 2.87. The summed E-state index contributed by atoms with van der Waals surface area (Å²) in [4.78, 5) is 14.6. The number of rotatable bonds is 4. The maximum Gasteiger partial charge on any atom is 0.318 e. The van der Waals surface area contributed by atoms with Gasteiger partial charge in [-0.15, -0.1) is 0 Å². The molecule has 1 rings (SSSR count). The lowest BCUT2D eigenvalue weighted by Crippen LogP contribution is -2.61. The smallest absolute Gasteiger partial charge is 0.318 e. The van der Waals surface area contributed by atoms with Gasteiger partial charge in [-0.25, -0.2) is 4.79 Å². The van der Waals surface area contributed by atoms with Crippen LogP contribution in [0.1, 0.15) is 66.2 Å². The summed E-state index contributed by atoms with van der Waals surface area (Å²) in [6.45, 7) is 9.54. The normalized spacial score (nSPS) is 19.0. The molecule has 19 heavy (non-hydrogen) atoms. The maximum absolute atomic E-state index is 12.6. The van der Waals surface area contributed by atoms with Crippen LogP contribution in [0.5, 0.6) is 0 Å². The molecule has 1 aliphatic rings. The van der Waals surface area contributed by atoms with Crippen LogP contribution >= 0.6 is 0 Å². The molecule has 0 aliphatic heterocycles. The van der Waals surface area contributed by atoms with E-state index in [1.54, 1.807) is 0 Å². The highest BCUT2D eigenvalue weighted by atomic mass is 16.2. The Balaban J connectivity index is 2.87. The number of amides is 2. The fourth-order valence-corrected chi connectivity index (χ4v) is 2.96. The van der Waals surface area contributed by atoms with Gasteiger partial charge in [0.1, 0.15) is 0 Å². The van der Waals surface area contributed by atoms with Gasteiger partial charge >= 0.3 is 6.03 Å². The molecule has 0 spiro atoms. The highest BCUT2D eigenvalue weighted by molar-refractivity contribution is 5.76. The van der Waals surface area contributed by atoms with Crippen molar-refractivity contribution in [3.63, 3.8) is 0 Å². The summed E-state index contributed by atoms with van der Waals surface area (Å²) in [5.74, 6) is 0. The van der Waals surface area contributed by atoms with E-state index >= 15 is 0 Å². The molecule has 0 bridgehead atoms. The highest BCUT2D eigenvalue weighted by Crippen LogP contribution is 2.33. The summed E-state index contributed by atoms with van der Waals surface area (Å²) >= 11 is 0. The second-order valence-corrected chi connectivity index (χ2v) is 6.82. The van der Waals surface area contributed by atoms with Crippen molar-refractivity contribution in [3.05, 3.63) is 0 Å². The van der Waals surface area contributed by atoms with Crippen LogP contribution in [0.15, 0.2) is 0 Å². The van der Waals surface area contributed by atoms with Crippen molar-refractivity contribution in [2.45, 2.75) is 77.3 Å². The van der Waals surface area contributed by atoms with E-state index in [-0.39, 0.29) is 17.1 Å². The summed E-state index contributed by atoms with van der Waals surface area (Å²) in [6.07, 6.45) is 6.68. The lowest BCUT2D eigenvalue weighted by molar-refractivity contribution is 0.0798. The van der Waals surface area contributed by atoms with Gasteiger partial charge in [-0.1, -0.05) is 26.2 Å². The molecule has 1 saturated carbocycles. The van der Waals surface area contributed by atoms with Crippen LogP contribution in [0.4, 0.5) is 4.79 Å². The van der Waals surface area contributed by atoms with Crippen LogP contribution in [0.2, 0.25) is 0 Å². The summed E-state index contributed by atoms with van der Waals surface area (Å²) in [7, 11) is 0. The molecular weight excluding hydrogens is 238 g/mol. The molecule has 0 unspecified atom stereocenters. The molecule has 0 radical (unpaired) electrons. The van der Waals surface area contributed by atoms with Crippen LogP contribution in [0.3, 0.4) is 0 Å². The van der Waals surface area contributed by atoms with Crippen LogP contribution in [0.25, 0.3) is 0 Å². The van der Waals surface area contributed by atoms with E-state index in [1.165, 1.54) is 19.3 Å². The number of urea groups is 1. The molecule has 2 amide bonds. The van der Waals surface area contributed by atoms with E-state index in [2.05, 4.69) is 12.2 Å². The average Bonchev–Trinajstić information content (AvgIpc) is 2.34. The zero-order valence-corrected chi connectivity index (χ0v) is 13.1. The van der Waals surface area contributed by atoms with E-state index in [0.717, 1.165) is 25.8 Å². The predicted molar refractivity (Wildman–Crippen MR) is 80.2 cm³/mol. The van der Waals surface area contributed by atoms with Crippen LogP contribution < -0.4 is 11.1 Å². The Hall–Kier alpha value is -0.770. The Morgan fingerprint density at radius 2 is 1.84 bits per heavy atom. The molecule has 4 heteroatoms. The number of hydrogen-bond acceptors (Lipinski definition) is 2. The Kier molecular flexibility index (Phi) is 5.65. The first kappa shape index (κ1) is 16.3. The second kappa shape index (κ2) is 6.60. The minimum Gasteiger partial charge on any atom is -0.333 e. The van der Waals surface area contributed by atoms with Crippen LogP contribution in [-0.4, -0.2) is 35.1 Å². The summed E-state index contributed by atoms with van der Waals surface area (Å²) in [6, 6.07) is 0.0432. The van der Waals surface area contributed by atoms with Gasteiger partial charge in [0.2, 0.25) is 0 Å². The Morgan fingerprint density at radius 3 is 2.26 bits per heavy atom. The van der Waals surface area contributed by atoms with Crippen molar-refractivity contribution in [2.75, 3.05) is 13.1 Å². The largest absolute Gasteiger partial charge is 0.333 e. The molecular formula is C15H31N3O. The number of nitrogens with one attached hydrogen (secondary N) is 1. The van der Waals surface area contributed by atoms with Gasteiger partial charge in [0.15, 0.2) is 0 Å². The fourth-order valence-electron chi connectivity index (χ4n) is 2.96. The van der Waals surface area contributed by atoms with Gasteiger partial charge in [0, 0.05) is 18.6 Å². The Morgan fingerprint density at radius 1 is 1.26 bits per heavy atom. The number of hydrogen-bond donors (Lipinski definition) is 2. The first-order chi connectivity index (χ1) is 8.84. The molecule has 112 valence electrons. The first-order valence-electron chi connectivity index (χ1n) is 7.64. The number of nitrogens with zero attached hydrogens (tertiary/aromatic N) is 1. The molecule has 0 heterocycles. The Labute approximate surface area is 118 Å². The maximum atomic E-state index is 12.6. The van der Waals surface area contributed by atoms with Crippen LogP contribution in [-0.2, 0) is 0 Å². The van der Waals surface area contributed by atoms with Gasteiger partial charge < -0.3 is 16.0 Å². The van der Waals surface area contributed by atoms with Gasteiger partial charge in [0.05, 0.1) is 5.54 Å². The fraction of sp³-hybridized carbons (Fsp3) is 0.933. The number of carbonyl (C=O) groups excluding carboxylic acids is 1. The van der Waals surface area contributed by atoms with E-state index < -0.39 is 0 Å². The minimum absolute atomic E-state index is 0.0432. The molecule has 0 aromatic carbocycles. The van der Waals surface area contributed by atoms with E-state index in [4.69, 9.17) is 5.73 Å². The van der Waals surface area contributed by atoms with E-state index in [1.807, 2.05) is 25.7 Å². The van der Waals surface area contributed by atoms with Crippen molar-refractivity contribution >= 4 is 6.03 Å². The molecule has 4 nitrogen and oxygen atoms in total. The number of carbonyl (C=O) groups is 1. The number of nitrogens with two attached hydrogens (primary N) is 1. The van der Waals surface area contributed by atoms with Gasteiger partial charge in [0.25, 0.3) is 0 Å². The van der Waals surface area contributed by atoms with Crippen LogP contribution in [0, 0.1) is 0 Å². The van der Waals surface area contributed by atoms with E-state index in [9.17, 15) is 4.79 Å². The van der Waals surface area contributed by atoms with Crippen molar-refractivity contribution in [2.24, 2.45) is 5.73 Å². The SMILES string of the molecule is CCCN(C(=O)NC(C)(C)C)C1(CN)CCCCC1. The zero-order chi connectivity index (χ0) is 14.5. The molecule has 0 saturated heterocycles. The highest BCUT2D eigenvalue weighted by Gasteiger charge is 2.39. The third kappa shape index (κ3) is 4.37. The average molecular weight is 269 g/mol. The van der Waals surface area contributed by atoms with Crippen molar-refractivity contribution in [1.29, 1.82) is 0 Å². The Bertz CT molecular complexity index is 290. The lowest BCUT2D eigenvalue weighted by atomic mass is 9.80. The molecule has 0 atom stereocenters. The molecule has 0 aromatic rings. The second-order valence-electron chi connectivity index (χ2n) is 6.82. The quantitative estimate of drug-likeness (QED) is 0.824. The van der Waals surface area contributed by atoms with Crippen molar-refractivity contribution < 1.29 is 4.79 Å². The third-order valence-electron chi connectivity index (χ3n) is 3.91. The first-order valence-corrected chi connectivity index (χ1v) is 7.64. The molecule has 0 aromatic heterocycles. The summed E-state index contributed by atoms with van der Waals surface area (Å²) < 4.78 is 0. The lowest BCUT2D eigenvalue weighted by Gasteiger charge is -2.46. The topological polar surface area (TPSA) is 58.4 Å². The van der Waals surface area contributed by atoms with E-state index in [0.29, 0.717) is 6.54 Å². The molecule has 1 aliphatic carbocycles. The van der Waals surface area contributed by atoms with Crippen molar-refractivity contribution in [1.82, 2.24) is 10.2 Å². The monoisotopic (exact) mass is 269 g/mol. The summed E-state index contributed by atoms with van der Waals surface area (Å²) in [5, 5.41) is 3.09. The van der Waals surface area contributed by atoms with Gasteiger partial charge in [-0.3, -0.25) is 0 Å². The summed E-state index contributed by atoms with van der Waals surface area (Å²) in [5.41, 5.74) is 5.73.